The summed E-state index contributed by atoms with van der Waals surface area (Å²) in [7, 11) is 1.83. The Morgan fingerprint density at radius 3 is 2.74 bits per heavy atom. The second kappa shape index (κ2) is 10.6. The van der Waals surface area contributed by atoms with Crippen LogP contribution in [0.4, 0.5) is 19.0 Å². The lowest BCUT2D eigenvalue weighted by molar-refractivity contribution is -0.130. The summed E-state index contributed by atoms with van der Waals surface area (Å²) in [6.07, 6.45) is 3.22. The first-order valence-corrected chi connectivity index (χ1v) is 14.5. The quantitative estimate of drug-likeness (QED) is 0.274. The molecule has 0 spiro atoms. The summed E-state index contributed by atoms with van der Waals surface area (Å²) in [4.78, 5) is 31.2. The fraction of sp³-hybridized carbons (Fsp3) is 0.355. The van der Waals surface area contributed by atoms with E-state index in [4.69, 9.17) is 16.3 Å². The highest BCUT2D eigenvalue weighted by Gasteiger charge is 2.50. The summed E-state index contributed by atoms with van der Waals surface area (Å²) in [5.74, 6) is -1.84. The zero-order chi connectivity index (χ0) is 30.0. The van der Waals surface area contributed by atoms with Crippen molar-refractivity contribution in [2.75, 3.05) is 38.2 Å². The molecule has 0 aliphatic carbocycles. The molecular formula is C31H28ClF3N6O2. The van der Waals surface area contributed by atoms with Crippen LogP contribution < -0.4 is 9.64 Å². The highest BCUT2D eigenvalue weighted by Crippen LogP contribution is 2.42. The van der Waals surface area contributed by atoms with Gasteiger partial charge in [0.1, 0.15) is 24.1 Å². The Balaban J connectivity index is 1.31. The Morgan fingerprint density at radius 2 is 1.98 bits per heavy atom. The number of likely N-dealkylation sites (tertiary alicyclic amines) is 2. The molecule has 4 atom stereocenters. The summed E-state index contributed by atoms with van der Waals surface area (Å²) in [6.45, 7) is 4.37. The first kappa shape index (κ1) is 27.8. The van der Waals surface area contributed by atoms with E-state index in [0.717, 1.165) is 5.39 Å². The molecule has 3 aliphatic rings. The number of alkyl halides is 1. The van der Waals surface area contributed by atoms with Gasteiger partial charge in [-0.15, -0.1) is 0 Å². The van der Waals surface area contributed by atoms with Gasteiger partial charge in [-0.05, 0) is 32.0 Å². The molecule has 5 heterocycles. The summed E-state index contributed by atoms with van der Waals surface area (Å²) in [6, 6.07) is 8.29. The molecule has 0 radical (unpaired) electrons. The minimum Gasteiger partial charge on any atom is -0.462 e. The molecule has 43 heavy (non-hydrogen) atoms. The van der Waals surface area contributed by atoms with Crippen LogP contribution in [-0.2, 0) is 4.79 Å². The number of aromatic nitrogens is 3. The molecule has 3 fully saturated rings. The largest absolute Gasteiger partial charge is 0.462 e. The highest BCUT2D eigenvalue weighted by atomic mass is 35.5. The lowest BCUT2D eigenvalue weighted by Crippen LogP contribution is -2.63. The molecule has 0 bridgehead atoms. The van der Waals surface area contributed by atoms with Gasteiger partial charge in [0.2, 0.25) is 0 Å². The van der Waals surface area contributed by atoms with Crippen LogP contribution in [0.15, 0.2) is 55.1 Å². The van der Waals surface area contributed by atoms with Crippen molar-refractivity contribution in [1.29, 1.82) is 0 Å². The van der Waals surface area contributed by atoms with Gasteiger partial charge < -0.3 is 14.5 Å². The van der Waals surface area contributed by atoms with E-state index in [0.29, 0.717) is 59.7 Å². The number of ether oxygens (including phenoxy) is 1. The third-order valence-corrected chi connectivity index (χ3v) is 9.21. The van der Waals surface area contributed by atoms with Crippen molar-refractivity contribution >= 4 is 45.0 Å². The van der Waals surface area contributed by atoms with Gasteiger partial charge in [0.05, 0.1) is 12.1 Å². The smallest absolute Gasteiger partial charge is 0.319 e. The maximum absolute atomic E-state index is 16.5. The van der Waals surface area contributed by atoms with E-state index in [1.54, 1.807) is 30.6 Å². The number of pyridine rings is 1. The minimum absolute atomic E-state index is 0.0325. The molecule has 0 N–H and O–H groups in total. The lowest BCUT2D eigenvalue weighted by Gasteiger charge is -2.47. The van der Waals surface area contributed by atoms with Crippen LogP contribution >= 0.6 is 11.6 Å². The van der Waals surface area contributed by atoms with Crippen LogP contribution in [0.5, 0.6) is 6.01 Å². The van der Waals surface area contributed by atoms with E-state index in [1.807, 2.05) is 29.0 Å². The van der Waals surface area contributed by atoms with E-state index in [9.17, 15) is 13.6 Å². The summed E-state index contributed by atoms with van der Waals surface area (Å²) < 4.78 is 50.2. The molecule has 222 valence electrons. The lowest BCUT2D eigenvalue weighted by atomic mass is 9.95. The van der Waals surface area contributed by atoms with Gasteiger partial charge in [-0.3, -0.25) is 14.7 Å². The molecule has 3 aliphatic heterocycles. The average molecular weight is 609 g/mol. The number of nitrogens with zero attached hydrogens (tertiary/aromatic N) is 6. The first-order chi connectivity index (χ1) is 20.7. The van der Waals surface area contributed by atoms with Gasteiger partial charge in [-0.1, -0.05) is 36.4 Å². The van der Waals surface area contributed by atoms with Crippen LogP contribution in [0.3, 0.4) is 0 Å². The average Bonchev–Trinajstić information content (AvgIpc) is 3.48. The van der Waals surface area contributed by atoms with Crippen molar-refractivity contribution in [1.82, 2.24) is 24.8 Å². The number of likely N-dealkylation sites (N-methyl/N-ethyl adjacent to an activating group) is 1. The molecule has 2 aromatic carbocycles. The molecule has 12 heteroatoms. The number of halogens is 4. The monoisotopic (exact) mass is 608 g/mol. The molecule has 0 unspecified atom stereocenters. The second-order valence-electron chi connectivity index (χ2n) is 11.4. The van der Waals surface area contributed by atoms with Crippen LogP contribution in [0.25, 0.3) is 32.8 Å². The Labute approximate surface area is 250 Å². The van der Waals surface area contributed by atoms with Crippen LogP contribution in [0.1, 0.15) is 12.8 Å². The number of hydrogen-bond donors (Lipinski definition) is 0. The first-order valence-electron chi connectivity index (χ1n) is 14.1. The SMILES string of the molecule is C=C(F)C(=O)N1CC[C@@H]2[C@H]1CN2c1nc(OC[C@@H]2C[C@@H](F)CN2C)nc2c(F)c(-c3cncc4cccc(Cl)c34)ccc12. The molecule has 1 amide bonds. The zero-order valence-corrected chi connectivity index (χ0v) is 24.1. The maximum Gasteiger partial charge on any atom is 0.319 e. The second-order valence-corrected chi connectivity index (χ2v) is 11.8. The minimum atomic E-state index is -0.993. The molecule has 0 saturated carbocycles. The number of rotatable bonds is 6. The van der Waals surface area contributed by atoms with Crippen molar-refractivity contribution in [3.05, 3.63) is 66.0 Å². The molecular weight excluding hydrogens is 581 g/mol. The van der Waals surface area contributed by atoms with Gasteiger partial charge in [0.15, 0.2) is 11.6 Å². The van der Waals surface area contributed by atoms with Gasteiger partial charge in [0.25, 0.3) is 5.91 Å². The molecule has 8 nitrogen and oxygen atoms in total. The van der Waals surface area contributed by atoms with Gasteiger partial charge in [-0.2, -0.15) is 9.97 Å². The van der Waals surface area contributed by atoms with Crippen LogP contribution in [0, 0.1) is 5.82 Å². The Hall–Kier alpha value is -3.96. The van der Waals surface area contributed by atoms with Crippen molar-refractivity contribution in [2.24, 2.45) is 0 Å². The van der Waals surface area contributed by atoms with Crippen LogP contribution in [0.2, 0.25) is 5.02 Å². The molecule has 4 aromatic rings. The number of fused-ring (bicyclic) bond motifs is 3. The Kier molecular flexibility index (Phi) is 6.89. The van der Waals surface area contributed by atoms with E-state index in [-0.39, 0.29) is 41.8 Å². The summed E-state index contributed by atoms with van der Waals surface area (Å²) in [5.41, 5.74) is 0.842. The predicted octanol–water partition coefficient (Wildman–Crippen LogP) is 5.33. The van der Waals surface area contributed by atoms with Crippen molar-refractivity contribution in [2.45, 2.75) is 37.1 Å². The normalized spacial score (nSPS) is 23.6. The number of anilines is 1. The topological polar surface area (TPSA) is 74.7 Å². The number of amides is 1. The molecule has 2 aromatic heterocycles. The molecule has 7 rings (SSSR count). The van der Waals surface area contributed by atoms with Crippen LogP contribution in [-0.4, -0.2) is 88.2 Å². The van der Waals surface area contributed by atoms with Gasteiger partial charge in [-0.25, -0.2) is 13.2 Å². The Bertz CT molecular complexity index is 1780. The standard InChI is InChI=1S/C31H28ClF3N6O2/c1-16(33)30(42)40-9-8-24-25(40)14-41(24)29-21-7-6-20(22-12-36-11-17-4-3-5-23(32)26(17)22)27(35)28(21)37-31(38-29)43-15-19-10-18(34)13-39(19)2/h3-7,11-12,18-19,24-25H,1,8-10,13-15H2,2H3/t18-,19+,24-,25-/m1/s1. The molecule has 3 saturated heterocycles. The third-order valence-electron chi connectivity index (χ3n) is 8.89. The predicted molar refractivity (Wildman–Crippen MR) is 158 cm³/mol. The maximum atomic E-state index is 16.5. The Morgan fingerprint density at radius 1 is 1.14 bits per heavy atom. The third kappa shape index (κ3) is 4.65. The van der Waals surface area contributed by atoms with Gasteiger partial charge >= 0.3 is 6.01 Å². The van der Waals surface area contributed by atoms with E-state index in [1.165, 1.54) is 4.90 Å². The summed E-state index contributed by atoms with van der Waals surface area (Å²) >= 11 is 6.54. The highest BCUT2D eigenvalue weighted by molar-refractivity contribution is 6.36. The fourth-order valence-electron chi connectivity index (χ4n) is 6.66. The number of benzene rings is 2. The van der Waals surface area contributed by atoms with E-state index in [2.05, 4.69) is 21.5 Å². The number of carbonyl (C=O) groups is 1. The van der Waals surface area contributed by atoms with Crippen molar-refractivity contribution in [3.8, 4) is 17.1 Å². The van der Waals surface area contributed by atoms with E-state index < -0.39 is 23.7 Å². The van der Waals surface area contributed by atoms with Gasteiger partial charge in [0, 0.05) is 70.4 Å². The number of carbonyl (C=O) groups excluding carboxylic acids is 1. The summed E-state index contributed by atoms with van der Waals surface area (Å²) in [5, 5.41) is 2.38. The number of hydrogen-bond acceptors (Lipinski definition) is 7. The zero-order valence-electron chi connectivity index (χ0n) is 23.3. The van der Waals surface area contributed by atoms with E-state index >= 15 is 4.39 Å². The van der Waals surface area contributed by atoms with Crippen molar-refractivity contribution < 1.29 is 22.7 Å². The van der Waals surface area contributed by atoms with Crippen molar-refractivity contribution in [3.63, 3.8) is 0 Å². The fourth-order valence-corrected chi connectivity index (χ4v) is 6.94.